The number of likely N-dealkylation sites (N-methyl/N-ethyl adjacent to an activating group) is 1. The van der Waals surface area contributed by atoms with E-state index in [-0.39, 0.29) is 6.04 Å². The number of aliphatic hydroxyl groups is 1. The number of aromatic nitrogens is 5. The van der Waals surface area contributed by atoms with Gasteiger partial charge in [0.2, 0.25) is 0 Å². The van der Waals surface area contributed by atoms with E-state index in [1.807, 2.05) is 17.8 Å². The molecule has 236 valence electrons. The summed E-state index contributed by atoms with van der Waals surface area (Å²) in [6.07, 6.45) is 8.33. The van der Waals surface area contributed by atoms with Gasteiger partial charge in [-0.2, -0.15) is 10.4 Å². The fraction of sp³-hybridized carbons (Fsp3) is 0.594. The molecule has 0 aromatic carbocycles. The Bertz CT molecular complexity index is 1830. The summed E-state index contributed by atoms with van der Waals surface area (Å²) in [5.74, 6) is 1.91. The molecule has 3 N–H and O–H groups in total. The van der Waals surface area contributed by atoms with Gasteiger partial charge in [-0.05, 0) is 72.4 Å². The second-order valence-electron chi connectivity index (χ2n) is 13.7. The summed E-state index contributed by atoms with van der Waals surface area (Å²) in [6, 6.07) is 2.81. The zero-order valence-corrected chi connectivity index (χ0v) is 26.9. The van der Waals surface area contributed by atoms with E-state index < -0.39 is 11.0 Å². The van der Waals surface area contributed by atoms with E-state index >= 15 is 0 Å². The van der Waals surface area contributed by atoms with Gasteiger partial charge in [0.25, 0.3) is 0 Å². The molecule has 12 nitrogen and oxygen atoms in total. The Morgan fingerprint density at radius 2 is 2.09 bits per heavy atom. The number of nitrogens with two attached hydrogens (primary N) is 1. The van der Waals surface area contributed by atoms with Crippen LogP contribution in [0.5, 0.6) is 0 Å². The molecule has 0 saturated carbocycles. The molecular formula is C32H39N9O3S. The fourth-order valence-corrected chi connectivity index (χ4v) is 9.55. The highest BCUT2D eigenvalue weighted by atomic mass is 32.1. The standard InChI is InChI=1S/C32H39N9O3S/c1-18(22-7-5-11-39(22)3)41-30-20(14-35-41)29(40-12-6-9-31(2,42)16-40)36-28(37-30)25-21-15-43-17-32(26(21)44-38-25)10-4-8-23-24(32)19(13-33)27(34)45-23/h14,18,22,42H,4-12,15-17,34H2,1-3H3/t18-,22-,31+,32+/m0/s1. The third kappa shape index (κ3) is 4.40. The van der Waals surface area contributed by atoms with E-state index in [0.717, 1.165) is 96.7 Å². The van der Waals surface area contributed by atoms with Crippen molar-refractivity contribution in [2.45, 2.75) is 88.5 Å². The highest BCUT2D eigenvalue weighted by molar-refractivity contribution is 7.16. The maximum atomic E-state index is 11.0. The van der Waals surface area contributed by atoms with Gasteiger partial charge in [0.1, 0.15) is 16.9 Å². The van der Waals surface area contributed by atoms with Crippen LogP contribution in [0.15, 0.2) is 10.7 Å². The number of hydrogen-bond donors (Lipinski definition) is 2. The van der Waals surface area contributed by atoms with Gasteiger partial charge in [-0.15, -0.1) is 11.3 Å². The number of rotatable bonds is 4. The minimum absolute atomic E-state index is 0.0991. The highest BCUT2D eigenvalue weighted by Gasteiger charge is 2.50. The summed E-state index contributed by atoms with van der Waals surface area (Å²) in [7, 11) is 2.18. The average Bonchev–Trinajstić information content (AvgIpc) is 3.81. The highest BCUT2D eigenvalue weighted by Crippen LogP contribution is 2.52. The van der Waals surface area contributed by atoms with Crippen molar-refractivity contribution in [3.63, 3.8) is 0 Å². The molecule has 4 aliphatic rings. The molecule has 4 aromatic heterocycles. The number of nitrogen functional groups attached to an aromatic ring is 1. The Kier molecular flexibility index (Phi) is 6.73. The van der Waals surface area contributed by atoms with Crippen molar-refractivity contribution >= 4 is 33.2 Å². The number of likely N-dealkylation sites (tertiary alicyclic amines) is 1. The van der Waals surface area contributed by atoms with Crippen molar-refractivity contribution < 1.29 is 14.4 Å². The number of nitrogens with zero attached hydrogens (tertiary/aromatic N) is 8. The first-order valence-electron chi connectivity index (χ1n) is 16.0. The molecule has 0 amide bonds. The van der Waals surface area contributed by atoms with E-state index in [9.17, 15) is 10.4 Å². The number of β-amino-alcohol motifs (C(OH)–C–C–N with tert-alkyl or cyclic N) is 1. The first-order valence-corrected chi connectivity index (χ1v) is 16.8. The van der Waals surface area contributed by atoms with Crippen molar-refractivity contribution in [2.24, 2.45) is 0 Å². The molecule has 0 radical (unpaired) electrons. The van der Waals surface area contributed by atoms with Gasteiger partial charge in [-0.25, -0.2) is 14.6 Å². The van der Waals surface area contributed by atoms with Gasteiger partial charge in [0.15, 0.2) is 22.9 Å². The summed E-state index contributed by atoms with van der Waals surface area (Å²) < 4.78 is 14.6. The third-order valence-electron chi connectivity index (χ3n) is 10.6. The predicted molar refractivity (Wildman–Crippen MR) is 170 cm³/mol. The van der Waals surface area contributed by atoms with Crippen LogP contribution >= 0.6 is 11.3 Å². The summed E-state index contributed by atoms with van der Waals surface area (Å²) in [5.41, 5.74) is 8.44. The Balaban J connectivity index is 1.30. The smallest absolute Gasteiger partial charge is 0.186 e. The number of thiophene rings is 1. The van der Waals surface area contributed by atoms with Crippen LogP contribution < -0.4 is 10.6 Å². The van der Waals surface area contributed by atoms with E-state index in [0.29, 0.717) is 47.9 Å². The number of hydrogen-bond acceptors (Lipinski definition) is 12. The lowest BCUT2D eigenvalue weighted by Gasteiger charge is -2.38. The van der Waals surface area contributed by atoms with Crippen molar-refractivity contribution in [3.8, 4) is 17.6 Å². The molecule has 0 unspecified atom stereocenters. The molecule has 4 aromatic rings. The maximum Gasteiger partial charge on any atom is 0.186 e. The zero-order chi connectivity index (χ0) is 31.1. The number of nitriles is 1. The first-order chi connectivity index (χ1) is 21.7. The van der Waals surface area contributed by atoms with Gasteiger partial charge < -0.3 is 29.9 Å². The van der Waals surface area contributed by atoms with Gasteiger partial charge >= 0.3 is 0 Å². The predicted octanol–water partition coefficient (Wildman–Crippen LogP) is 4.16. The number of ether oxygens (including phenoxy) is 1. The number of anilines is 2. The molecule has 4 atom stereocenters. The fourth-order valence-electron chi connectivity index (χ4n) is 8.39. The third-order valence-corrected chi connectivity index (χ3v) is 11.6. The van der Waals surface area contributed by atoms with Crippen LogP contribution in [0.2, 0.25) is 0 Å². The SMILES string of the molecule is C[C@@H]([C@@H]1CCCN1C)n1ncc2c(N3CCC[C@@](C)(O)C3)nc(-c3noc4c3COC[C@@]43CCCc4sc(N)c(C#N)c43)nc21. The monoisotopic (exact) mass is 629 g/mol. The Morgan fingerprint density at radius 1 is 1.22 bits per heavy atom. The van der Waals surface area contributed by atoms with Crippen molar-refractivity contribution in [2.75, 3.05) is 43.9 Å². The molecule has 13 heteroatoms. The molecule has 1 spiro atoms. The van der Waals surface area contributed by atoms with Crippen LogP contribution in [-0.4, -0.2) is 79.8 Å². The van der Waals surface area contributed by atoms with Crippen molar-refractivity contribution in [3.05, 3.63) is 33.5 Å². The summed E-state index contributed by atoms with van der Waals surface area (Å²) in [5, 5.41) is 32.0. The van der Waals surface area contributed by atoms with Crippen LogP contribution in [0.1, 0.15) is 85.7 Å². The molecule has 1 aliphatic carbocycles. The molecule has 7 heterocycles. The quantitative estimate of drug-likeness (QED) is 0.334. The summed E-state index contributed by atoms with van der Waals surface area (Å²) in [6.45, 7) is 7.12. The average molecular weight is 630 g/mol. The van der Waals surface area contributed by atoms with Crippen LogP contribution in [0, 0.1) is 11.3 Å². The molecule has 2 fully saturated rings. The van der Waals surface area contributed by atoms with Crippen molar-refractivity contribution in [1.29, 1.82) is 5.26 Å². The van der Waals surface area contributed by atoms with E-state index in [2.05, 4.69) is 35.0 Å². The minimum atomic E-state index is -0.821. The summed E-state index contributed by atoms with van der Waals surface area (Å²) >= 11 is 1.50. The first kappa shape index (κ1) is 28.9. The lowest BCUT2D eigenvalue weighted by molar-refractivity contribution is 0.0448. The van der Waals surface area contributed by atoms with Crippen LogP contribution in [0.25, 0.3) is 22.6 Å². The van der Waals surface area contributed by atoms with Gasteiger partial charge in [-0.3, -0.25) is 0 Å². The molecular weight excluding hydrogens is 590 g/mol. The Hall–Kier alpha value is -3.57. The lowest BCUT2D eigenvalue weighted by atomic mass is 9.68. The Morgan fingerprint density at radius 3 is 2.87 bits per heavy atom. The number of piperidine rings is 1. The number of aryl methyl sites for hydroxylation is 1. The lowest BCUT2D eigenvalue weighted by Crippen LogP contribution is -2.46. The van der Waals surface area contributed by atoms with Gasteiger partial charge in [0.05, 0.1) is 53.0 Å². The normalized spacial score (nSPS) is 27.5. The topological polar surface area (TPSA) is 155 Å². The van der Waals surface area contributed by atoms with Crippen LogP contribution in [0.4, 0.5) is 10.8 Å². The second kappa shape index (κ2) is 10.5. The Labute approximate surface area is 265 Å². The molecule has 2 saturated heterocycles. The van der Waals surface area contributed by atoms with E-state index in [1.165, 1.54) is 11.3 Å². The van der Waals surface area contributed by atoms with Gasteiger partial charge in [0, 0.05) is 29.6 Å². The number of fused-ring (bicyclic) bond motifs is 5. The molecule has 45 heavy (non-hydrogen) atoms. The van der Waals surface area contributed by atoms with Gasteiger partial charge in [-0.1, -0.05) is 5.16 Å². The maximum absolute atomic E-state index is 11.0. The van der Waals surface area contributed by atoms with Crippen LogP contribution in [0.3, 0.4) is 0 Å². The largest absolute Gasteiger partial charge is 0.389 e. The second-order valence-corrected chi connectivity index (χ2v) is 14.8. The molecule has 0 bridgehead atoms. The van der Waals surface area contributed by atoms with Crippen LogP contribution in [-0.2, 0) is 23.2 Å². The molecule has 3 aliphatic heterocycles. The minimum Gasteiger partial charge on any atom is -0.389 e. The molecule has 8 rings (SSSR count). The van der Waals surface area contributed by atoms with E-state index in [1.54, 1.807) is 0 Å². The van der Waals surface area contributed by atoms with E-state index in [4.69, 9.17) is 30.1 Å². The summed E-state index contributed by atoms with van der Waals surface area (Å²) in [4.78, 5) is 16.0. The zero-order valence-electron chi connectivity index (χ0n) is 26.0. The van der Waals surface area contributed by atoms with Crippen molar-refractivity contribution in [1.82, 2.24) is 29.8 Å².